The van der Waals surface area contributed by atoms with Crippen LogP contribution in [0, 0.1) is 6.92 Å². The molecule has 0 unspecified atom stereocenters. The van der Waals surface area contributed by atoms with Crippen molar-refractivity contribution < 1.29 is 14.3 Å². The van der Waals surface area contributed by atoms with Gasteiger partial charge < -0.3 is 15.0 Å². The molecular weight excluding hydrogens is 346 g/mol. The van der Waals surface area contributed by atoms with Crippen LogP contribution in [0.1, 0.15) is 12.1 Å². The van der Waals surface area contributed by atoms with Gasteiger partial charge in [-0.1, -0.05) is 12.1 Å². The van der Waals surface area contributed by atoms with Crippen molar-refractivity contribution in [2.45, 2.75) is 13.3 Å². The molecule has 1 aromatic carbocycles. The standard InChI is InChI=1S/C19H19N5O3/c1-12-14-9-13(10-20-19(14)23(2)22-12)21-17(25)7-8-24-15-5-3-4-6-16(15)27-11-18(24)26/h3-6,9-10H,7-8,11H2,1-2H3,(H,21,25). The molecule has 1 N–H and O–H groups in total. The number of hydrogen-bond donors (Lipinski definition) is 1. The number of nitrogens with one attached hydrogen (secondary N) is 1. The molecule has 0 saturated carbocycles. The molecule has 3 aromatic rings. The molecule has 27 heavy (non-hydrogen) atoms. The second-order valence-electron chi connectivity index (χ2n) is 6.40. The van der Waals surface area contributed by atoms with Crippen LogP contribution >= 0.6 is 0 Å². The highest BCUT2D eigenvalue weighted by atomic mass is 16.5. The number of ether oxygens (including phenoxy) is 1. The molecule has 3 heterocycles. The van der Waals surface area contributed by atoms with Crippen molar-refractivity contribution in [3.8, 4) is 5.75 Å². The number of aromatic nitrogens is 3. The number of amides is 2. The molecule has 8 nitrogen and oxygen atoms in total. The monoisotopic (exact) mass is 365 g/mol. The maximum atomic E-state index is 12.4. The van der Waals surface area contributed by atoms with E-state index in [1.807, 2.05) is 44.3 Å². The third-order valence-electron chi connectivity index (χ3n) is 4.52. The van der Waals surface area contributed by atoms with E-state index >= 15 is 0 Å². The van der Waals surface area contributed by atoms with Crippen molar-refractivity contribution in [1.29, 1.82) is 0 Å². The first-order chi connectivity index (χ1) is 13.0. The van der Waals surface area contributed by atoms with Crippen LogP contribution in [0.25, 0.3) is 11.0 Å². The van der Waals surface area contributed by atoms with Crippen LogP contribution in [-0.2, 0) is 16.6 Å². The minimum absolute atomic E-state index is 0.0144. The lowest BCUT2D eigenvalue weighted by molar-refractivity contribution is -0.121. The van der Waals surface area contributed by atoms with E-state index in [-0.39, 0.29) is 31.4 Å². The summed E-state index contributed by atoms with van der Waals surface area (Å²) in [6, 6.07) is 9.17. The summed E-state index contributed by atoms with van der Waals surface area (Å²) >= 11 is 0. The Morgan fingerprint density at radius 3 is 3.00 bits per heavy atom. The Bertz CT molecular complexity index is 1040. The summed E-state index contributed by atoms with van der Waals surface area (Å²) in [4.78, 5) is 30.5. The molecule has 1 aliphatic heterocycles. The molecule has 0 radical (unpaired) electrons. The normalized spacial score (nSPS) is 13.4. The van der Waals surface area contributed by atoms with Crippen LogP contribution in [0.5, 0.6) is 5.75 Å². The molecule has 138 valence electrons. The SMILES string of the molecule is Cc1nn(C)c2ncc(NC(=O)CCN3C(=O)COc4ccccc43)cc12. The molecular formula is C19H19N5O3. The fourth-order valence-electron chi connectivity index (χ4n) is 3.21. The van der Waals surface area contributed by atoms with Gasteiger partial charge >= 0.3 is 0 Å². The summed E-state index contributed by atoms with van der Waals surface area (Å²) in [5, 5.41) is 8.06. The van der Waals surface area contributed by atoms with Crippen LogP contribution in [0.15, 0.2) is 36.5 Å². The van der Waals surface area contributed by atoms with Gasteiger partial charge in [0.15, 0.2) is 12.3 Å². The minimum atomic E-state index is -0.186. The average molecular weight is 365 g/mol. The van der Waals surface area contributed by atoms with Gasteiger partial charge in [-0.3, -0.25) is 14.3 Å². The number of aryl methyl sites for hydroxylation is 2. The van der Waals surface area contributed by atoms with Gasteiger partial charge in [0.25, 0.3) is 5.91 Å². The molecule has 0 spiro atoms. The van der Waals surface area contributed by atoms with Gasteiger partial charge in [0.1, 0.15) is 5.75 Å². The van der Waals surface area contributed by atoms with E-state index in [0.29, 0.717) is 17.1 Å². The van der Waals surface area contributed by atoms with Crippen LogP contribution in [0.3, 0.4) is 0 Å². The van der Waals surface area contributed by atoms with E-state index in [1.165, 1.54) is 0 Å². The van der Waals surface area contributed by atoms with Gasteiger partial charge in [-0.05, 0) is 25.1 Å². The molecule has 2 aromatic heterocycles. The molecule has 0 atom stereocenters. The van der Waals surface area contributed by atoms with Crippen LogP contribution in [-0.4, -0.2) is 39.7 Å². The lowest BCUT2D eigenvalue weighted by Crippen LogP contribution is -2.40. The first-order valence-corrected chi connectivity index (χ1v) is 8.64. The van der Waals surface area contributed by atoms with Crippen LogP contribution in [0.2, 0.25) is 0 Å². The Labute approximate surface area is 155 Å². The van der Waals surface area contributed by atoms with Gasteiger partial charge in [0.05, 0.1) is 23.3 Å². The first kappa shape index (κ1) is 17.0. The van der Waals surface area contributed by atoms with Crippen molar-refractivity contribution in [1.82, 2.24) is 14.8 Å². The van der Waals surface area contributed by atoms with Crippen molar-refractivity contribution >= 4 is 34.2 Å². The number of fused-ring (bicyclic) bond motifs is 2. The number of hydrogen-bond acceptors (Lipinski definition) is 5. The maximum Gasteiger partial charge on any atom is 0.265 e. The second kappa shape index (κ2) is 6.71. The van der Waals surface area contributed by atoms with Crippen molar-refractivity contribution in [3.63, 3.8) is 0 Å². The Balaban J connectivity index is 1.44. The van der Waals surface area contributed by atoms with Gasteiger partial charge in [-0.2, -0.15) is 5.10 Å². The molecule has 1 aliphatic rings. The number of pyridine rings is 1. The third-order valence-corrected chi connectivity index (χ3v) is 4.52. The number of para-hydroxylation sites is 2. The zero-order chi connectivity index (χ0) is 19.0. The zero-order valence-corrected chi connectivity index (χ0v) is 15.1. The Kier molecular flexibility index (Phi) is 4.23. The molecule has 0 saturated heterocycles. The van der Waals surface area contributed by atoms with E-state index in [9.17, 15) is 9.59 Å². The van der Waals surface area contributed by atoms with E-state index in [2.05, 4.69) is 15.4 Å². The largest absolute Gasteiger partial charge is 0.482 e. The van der Waals surface area contributed by atoms with Crippen molar-refractivity contribution in [2.24, 2.45) is 7.05 Å². The fourth-order valence-corrected chi connectivity index (χ4v) is 3.21. The zero-order valence-electron chi connectivity index (χ0n) is 15.1. The number of nitrogens with zero attached hydrogens (tertiary/aromatic N) is 4. The summed E-state index contributed by atoms with van der Waals surface area (Å²) in [7, 11) is 1.83. The summed E-state index contributed by atoms with van der Waals surface area (Å²) in [6.07, 6.45) is 1.78. The molecule has 0 aliphatic carbocycles. The highest BCUT2D eigenvalue weighted by Crippen LogP contribution is 2.31. The fraction of sp³-hybridized carbons (Fsp3) is 0.263. The molecule has 8 heteroatoms. The second-order valence-corrected chi connectivity index (χ2v) is 6.40. The highest BCUT2D eigenvalue weighted by Gasteiger charge is 2.25. The summed E-state index contributed by atoms with van der Waals surface area (Å²) in [5.41, 5.74) is 2.92. The minimum Gasteiger partial charge on any atom is -0.482 e. The molecule has 0 fully saturated rings. The van der Waals surface area contributed by atoms with Gasteiger partial charge in [-0.25, -0.2) is 4.98 Å². The highest BCUT2D eigenvalue weighted by molar-refractivity contribution is 5.99. The Morgan fingerprint density at radius 1 is 1.33 bits per heavy atom. The van der Waals surface area contributed by atoms with E-state index < -0.39 is 0 Å². The summed E-state index contributed by atoms with van der Waals surface area (Å²) < 4.78 is 7.12. The topological polar surface area (TPSA) is 89.4 Å². The van der Waals surface area contributed by atoms with Crippen molar-refractivity contribution in [2.75, 3.05) is 23.4 Å². The predicted octanol–water partition coefficient (Wildman–Crippen LogP) is 2.03. The van der Waals surface area contributed by atoms with E-state index in [4.69, 9.17) is 4.74 Å². The van der Waals surface area contributed by atoms with Crippen LogP contribution < -0.4 is 15.0 Å². The number of anilines is 2. The predicted molar refractivity (Wildman–Crippen MR) is 101 cm³/mol. The van der Waals surface area contributed by atoms with Gasteiger partial charge in [0, 0.05) is 25.4 Å². The third kappa shape index (κ3) is 3.21. The number of carbonyl (C=O) groups excluding carboxylic acids is 2. The first-order valence-electron chi connectivity index (χ1n) is 8.64. The Morgan fingerprint density at radius 2 is 2.15 bits per heavy atom. The van der Waals surface area contributed by atoms with Gasteiger partial charge in [0.2, 0.25) is 5.91 Å². The summed E-state index contributed by atoms with van der Waals surface area (Å²) in [5.74, 6) is 0.309. The quantitative estimate of drug-likeness (QED) is 0.764. The average Bonchev–Trinajstić information content (AvgIpc) is 2.94. The number of rotatable bonds is 4. The molecule has 0 bridgehead atoms. The van der Waals surface area contributed by atoms with E-state index in [1.54, 1.807) is 15.8 Å². The number of benzene rings is 1. The molecule has 2 amide bonds. The smallest absolute Gasteiger partial charge is 0.265 e. The maximum absolute atomic E-state index is 12.4. The van der Waals surface area contributed by atoms with E-state index in [0.717, 1.165) is 16.7 Å². The summed E-state index contributed by atoms with van der Waals surface area (Å²) in [6.45, 7) is 2.17. The lowest BCUT2D eigenvalue weighted by atomic mass is 10.2. The number of carbonyl (C=O) groups is 2. The lowest BCUT2D eigenvalue weighted by Gasteiger charge is -2.29. The van der Waals surface area contributed by atoms with Gasteiger partial charge in [-0.15, -0.1) is 0 Å². The van der Waals surface area contributed by atoms with Crippen molar-refractivity contribution in [3.05, 3.63) is 42.2 Å². The van der Waals surface area contributed by atoms with Crippen LogP contribution in [0.4, 0.5) is 11.4 Å². The molecule has 4 rings (SSSR count). The Hall–Kier alpha value is -3.42.